The smallest absolute Gasteiger partial charge is 0.285 e. The summed E-state index contributed by atoms with van der Waals surface area (Å²) in [5.74, 6) is -0.918. The maximum Gasteiger partial charge on any atom is 0.285 e. The molecule has 0 bridgehead atoms. The van der Waals surface area contributed by atoms with Crippen molar-refractivity contribution in [3.8, 4) is 0 Å². The van der Waals surface area contributed by atoms with Crippen LogP contribution < -0.4 is 5.32 Å². The molecule has 1 aromatic carbocycles. The van der Waals surface area contributed by atoms with Gasteiger partial charge in [0.1, 0.15) is 5.82 Å². The van der Waals surface area contributed by atoms with Crippen LogP contribution in [0.1, 0.15) is 30.4 Å². The number of amides is 1. The number of pyridine rings is 1. The first kappa shape index (κ1) is 21.5. The number of tetrazole rings is 1. The van der Waals surface area contributed by atoms with E-state index in [4.69, 9.17) is 14.3 Å². The Kier molecular flexibility index (Phi) is 6.47. The fourth-order valence-electron chi connectivity index (χ4n) is 3.04. The third-order valence-electron chi connectivity index (χ3n) is 4.75. The molecular formula is C21H23N7O4. The second kappa shape index (κ2) is 9.62. The highest BCUT2D eigenvalue weighted by molar-refractivity contribution is 6.10. The van der Waals surface area contributed by atoms with Crippen molar-refractivity contribution in [2.24, 2.45) is 12.2 Å². The number of benzene rings is 1. The molecule has 0 atom stereocenters. The van der Waals surface area contributed by atoms with Crippen molar-refractivity contribution in [3.05, 3.63) is 65.6 Å². The van der Waals surface area contributed by atoms with E-state index in [9.17, 15) is 4.79 Å². The Morgan fingerprint density at radius 3 is 2.69 bits per heavy atom. The SMILES string of the molecule is Cn1nnnc1/C(=N\OCc1cccc(NC(=O)C2(C)OCCCO2)n1)c1ccccc1. The minimum absolute atomic E-state index is 0.0790. The van der Waals surface area contributed by atoms with Gasteiger partial charge >= 0.3 is 0 Å². The van der Waals surface area contributed by atoms with Gasteiger partial charge in [0, 0.05) is 12.6 Å². The van der Waals surface area contributed by atoms with Crippen LogP contribution in [0.25, 0.3) is 0 Å². The highest BCUT2D eigenvalue weighted by atomic mass is 16.7. The van der Waals surface area contributed by atoms with Gasteiger partial charge in [0.2, 0.25) is 11.6 Å². The predicted molar refractivity (Wildman–Crippen MR) is 113 cm³/mol. The van der Waals surface area contributed by atoms with Crippen molar-refractivity contribution in [1.29, 1.82) is 0 Å². The lowest BCUT2D eigenvalue weighted by molar-refractivity contribution is -0.241. The molecule has 11 nitrogen and oxygen atoms in total. The number of nitrogens with zero attached hydrogens (tertiary/aromatic N) is 6. The van der Waals surface area contributed by atoms with Gasteiger partial charge in [0.05, 0.1) is 18.9 Å². The number of anilines is 1. The highest BCUT2D eigenvalue weighted by Crippen LogP contribution is 2.20. The number of nitrogens with one attached hydrogen (secondary N) is 1. The van der Waals surface area contributed by atoms with Crippen molar-refractivity contribution >= 4 is 17.4 Å². The Morgan fingerprint density at radius 1 is 1.19 bits per heavy atom. The Hall–Kier alpha value is -3.70. The van der Waals surface area contributed by atoms with E-state index in [2.05, 4.69) is 31.0 Å². The zero-order valence-corrected chi connectivity index (χ0v) is 17.8. The number of hydrogen-bond donors (Lipinski definition) is 1. The Labute approximate surface area is 184 Å². The fraction of sp³-hybridized carbons (Fsp3) is 0.333. The molecule has 1 fully saturated rings. The van der Waals surface area contributed by atoms with Gasteiger partial charge in [-0.25, -0.2) is 9.67 Å². The summed E-state index contributed by atoms with van der Waals surface area (Å²) in [6, 6.07) is 14.7. The topological polar surface area (TPSA) is 126 Å². The van der Waals surface area contributed by atoms with Crippen LogP contribution >= 0.6 is 0 Å². The summed E-state index contributed by atoms with van der Waals surface area (Å²) < 4.78 is 12.5. The van der Waals surface area contributed by atoms with E-state index in [-0.39, 0.29) is 6.61 Å². The molecule has 11 heteroatoms. The van der Waals surface area contributed by atoms with E-state index >= 15 is 0 Å². The first-order valence-electron chi connectivity index (χ1n) is 10.1. The number of ether oxygens (including phenoxy) is 2. The maximum absolute atomic E-state index is 12.5. The number of aryl methyl sites for hydroxylation is 1. The summed E-state index contributed by atoms with van der Waals surface area (Å²) in [7, 11) is 1.72. The quantitative estimate of drug-likeness (QED) is 0.437. The molecule has 0 aliphatic carbocycles. The summed E-state index contributed by atoms with van der Waals surface area (Å²) in [6.45, 7) is 2.60. The van der Waals surface area contributed by atoms with Crippen molar-refractivity contribution < 1.29 is 19.1 Å². The van der Waals surface area contributed by atoms with Gasteiger partial charge in [-0.15, -0.1) is 5.10 Å². The van der Waals surface area contributed by atoms with Gasteiger partial charge in [-0.1, -0.05) is 41.6 Å². The van der Waals surface area contributed by atoms with Crippen LogP contribution in [0.4, 0.5) is 5.82 Å². The molecule has 1 saturated heterocycles. The third-order valence-corrected chi connectivity index (χ3v) is 4.75. The molecule has 1 aliphatic heterocycles. The van der Waals surface area contributed by atoms with Gasteiger partial charge in [-0.2, -0.15) is 0 Å². The zero-order valence-electron chi connectivity index (χ0n) is 17.8. The highest BCUT2D eigenvalue weighted by Gasteiger charge is 2.37. The van der Waals surface area contributed by atoms with E-state index in [1.54, 1.807) is 32.2 Å². The van der Waals surface area contributed by atoms with Crippen molar-refractivity contribution in [2.75, 3.05) is 18.5 Å². The summed E-state index contributed by atoms with van der Waals surface area (Å²) in [5, 5.41) is 18.5. The van der Waals surface area contributed by atoms with Crippen LogP contribution in [-0.4, -0.2) is 55.8 Å². The molecule has 1 amide bonds. The summed E-state index contributed by atoms with van der Waals surface area (Å²) in [5.41, 5.74) is 1.87. The van der Waals surface area contributed by atoms with Crippen LogP contribution in [0.2, 0.25) is 0 Å². The molecule has 0 saturated carbocycles. The van der Waals surface area contributed by atoms with E-state index in [0.717, 1.165) is 12.0 Å². The Morgan fingerprint density at radius 2 is 1.97 bits per heavy atom. The summed E-state index contributed by atoms with van der Waals surface area (Å²) in [6.07, 6.45) is 0.754. The van der Waals surface area contributed by atoms with Crippen LogP contribution in [0.5, 0.6) is 0 Å². The van der Waals surface area contributed by atoms with Crippen LogP contribution in [0.3, 0.4) is 0 Å². The largest absolute Gasteiger partial charge is 0.389 e. The Balaban J connectivity index is 1.45. The third kappa shape index (κ3) is 4.95. The normalized spacial score (nSPS) is 15.9. The monoisotopic (exact) mass is 437 g/mol. The Bertz CT molecular complexity index is 1090. The second-order valence-electron chi connectivity index (χ2n) is 7.17. The summed E-state index contributed by atoms with van der Waals surface area (Å²) >= 11 is 0. The molecule has 4 rings (SSSR count). The van der Waals surface area contributed by atoms with Crippen molar-refractivity contribution in [2.45, 2.75) is 25.7 Å². The molecule has 2 aromatic heterocycles. The standard InChI is InChI=1S/C21H23N7O4/c1-21(30-12-7-13-31-21)20(29)23-17-11-6-10-16(22-17)14-32-25-18(15-8-4-3-5-9-15)19-24-26-27-28(19)2/h3-6,8-11H,7,12-14H2,1-2H3,(H,22,23,29)/b25-18-. The predicted octanol–water partition coefficient (Wildman–Crippen LogP) is 1.67. The lowest BCUT2D eigenvalue weighted by atomic mass is 10.1. The minimum atomic E-state index is -1.33. The van der Waals surface area contributed by atoms with Crippen LogP contribution in [0.15, 0.2) is 53.7 Å². The maximum atomic E-state index is 12.5. The minimum Gasteiger partial charge on any atom is -0.389 e. The second-order valence-corrected chi connectivity index (χ2v) is 7.17. The number of aromatic nitrogens is 5. The van der Waals surface area contributed by atoms with Gasteiger partial charge < -0.3 is 19.6 Å². The fourth-order valence-corrected chi connectivity index (χ4v) is 3.04. The van der Waals surface area contributed by atoms with E-state index in [1.165, 1.54) is 4.68 Å². The van der Waals surface area contributed by atoms with Gasteiger partial charge in [-0.3, -0.25) is 4.79 Å². The molecule has 3 aromatic rings. The molecule has 0 spiro atoms. The van der Waals surface area contributed by atoms with Gasteiger partial charge in [0.25, 0.3) is 5.91 Å². The number of oxime groups is 1. The first-order chi connectivity index (χ1) is 15.5. The molecular weight excluding hydrogens is 414 g/mol. The summed E-state index contributed by atoms with van der Waals surface area (Å²) in [4.78, 5) is 22.5. The molecule has 0 radical (unpaired) electrons. The van der Waals surface area contributed by atoms with Crippen LogP contribution in [0, 0.1) is 0 Å². The molecule has 1 N–H and O–H groups in total. The van der Waals surface area contributed by atoms with E-state index in [1.807, 2.05) is 30.3 Å². The number of hydrogen-bond acceptors (Lipinski definition) is 9. The van der Waals surface area contributed by atoms with E-state index < -0.39 is 11.7 Å². The van der Waals surface area contributed by atoms with Crippen molar-refractivity contribution in [3.63, 3.8) is 0 Å². The zero-order chi connectivity index (χ0) is 22.4. The van der Waals surface area contributed by atoms with Crippen molar-refractivity contribution in [1.82, 2.24) is 25.2 Å². The lowest BCUT2D eigenvalue weighted by Gasteiger charge is -2.32. The molecule has 1 aliphatic rings. The lowest BCUT2D eigenvalue weighted by Crippen LogP contribution is -2.48. The molecule has 0 unspecified atom stereocenters. The number of rotatable bonds is 7. The number of carbonyl (C=O) groups excluding carboxylic acids is 1. The molecule has 166 valence electrons. The van der Waals surface area contributed by atoms with Crippen LogP contribution in [-0.2, 0) is 32.8 Å². The van der Waals surface area contributed by atoms with E-state index in [0.29, 0.717) is 36.3 Å². The average molecular weight is 437 g/mol. The average Bonchev–Trinajstić information content (AvgIpc) is 3.23. The van der Waals surface area contributed by atoms with Gasteiger partial charge in [-0.05, 0) is 35.9 Å². The van der Waals surface area contributed by atoms with Gasteiger partial charge in [0.15, 0.2) is 12.3 Å². The first-order valence-corrected chi connectivity index (χ1v) is 10.1. The number of carbonyl (C=O) groups is 1. The molecule has 3 heterocycles. The molecule has 32 heavy (non-hydrogen) atoms.